The van der Waals surface area contributed by atoms with Gasteiger partial charge in [0, 0.05) is 33.3 Å². The number of ether oxygens (including phenoxy) is 3. The van der Waals surface area contributed by atoms with Gasteiger partial charge in [0.25, 0.3) is 0 Å². The fourth-order valence-electron chi connectivity index (χ4n) is 3.00. The lowest BCUT2D eigenvalue weighted by Crippen LogP contribution is -2.28. The van der Waals surface area contributed by atoms with Crippen molar-refractivity contribution < 1.29 is 34.0 Å². The van der Waals surface area contributed by atoms with E-state index in [1.165, 1.54) is 6.08 Å². The van der Waals surface area contributed by atoms with Crippen molar-refractivity contribution >= 4 is 49.6 Å². The Balaban J connectivity index is 1.91. The number of aromatic hydroxyl groups is 1. The number of hydrogen-bond acceptors (Lipinski definition) is 6. The topological polar surface area (TPSA) is 114 Å². The van der Waals surface area contributed by atoms with Crippen molar-refractivity contribution in [3.05, 3.63) is 57.0 Å². The summed E-state index contributed by atoms with van der Waals surface area (Å²) in [5.74, 6) is -0.203. The van der Waals surface area contributed by atoms with Crippen molar-refractivity contribution in [3.63, 3.8) is 0 Å². The van der Waals surface area contributed by atoms with Crippen LogP contribution in [-0.2, 0) is 9.53 Å². The highest BCUT2D eigenvalue weighted by Gasteiger charge is 2.35. The zero-order valence-corrected chi connectivity index (χ0v) is 19.7. The molecule has 1 atom stereocenters. The summed E-state index contributed by atoms with van der Waals surface area (Å²) in [5.41, 5.74) is -0.267. The summed E-state index contributed by atoms with van der Waals surface area (Å²) in [6.07, 6.45) is 0.556. The van der Waals surface area contributed by atoms with Gasteiger partial charge in [0.2, 0.25) is 6.79 Å². The standard InChI is InChI=1S/C21H19Br2NO7/c1-21(2,6-5-17(25)26)19(13-7-11(22)8-14(23)18(13)27)31-20(28)24-12-3-4-15-16(9-12)30-10-29-15/h3-9,19,27H,10H2,1-2H3,(H,24,28)(H,25,26)/b6-5+/t19-/m0/s1. The average molecular weight is 557 g/mol. The molecule has 0 fully saturated rings. The lowest BCUT2D eigenvalue weighted by molar-refractivity contribution is -0.131. The molecule has 8 nitrogen and oxygen atoms in total. The van der Waals surface area contributed by atoms with E-state index >= 15 is 0 Å². The van der Waals surface area contributed by atoms with Crippen molar-refractivity contribution in [1.82, 2.24) is 0 Å². The van der Waals surface area contributed by atoms with Gasteiger partial charge in [-0.05, 0) is 40.2 Å². The molecule has 0 radical (unpaired) electrons. The van der Waals surface area contributed by atoms with Crippen LogP contribution in [0, 0.1) is 5.41 Å². The third kappa shape index (κ3) is 5.50. The van der Waals surface area contributed by atoms with Gasteiger partial charge in [-0.25, -0.2) is 9.59 Å². The number of amides is 1. The lowest BCUT2D eigenvalue weighted by atomic mass is 9.81. The highest BCUT2D eigenvalue weighted by Crippen LogP contribution is 2.45. The van der Waals surface area contributed by atoms with Crippen molar-refractivity contribution in [2.75, 3.05) is 12.1 Å². The van der Waals surface area contributed by atoms with Crippen LogP contribution >= 0.6 is 31.9 Å². The number of phenols is 1. The Morgan fingerprint density at radius 1 is 1.19 bits per heavy atom. The number of carboxylic acid groups (broad SMARTS) is 1. The quantitative estimate of drug-likeness (QED) is 0.396. The number of aliphatic carboxylic acids is 1. The molecule has 1 amide bonds. The van der Waals surface area contributed by atoms with Crippen LogP contribution in [0.1, 0.15) is 25.5 Å². The average Bonchev–Trinajstić information content (AvgIpc) is 3.15. The first-order chi connectivity index (χ1) is 14.6. The minimum Gasteiger partial charge on any atom is -0.506 e. The predicted molar refractivity (Wildman–Crippen MR) is 119 cm³/mol. The molecule has 164 valence electrons. The molecule has 1 aliphatic rings. The van der Waals surface area contributed by atoms with E-state index in [9.17, 15) is 14.7 Å². The van der Waals surface area contributed by atoms with Crippen LogP contribution in [0.3, 0.4) is 0 Å². The second kappa shape index (κ2) is 9.19. The van der Waals surface area contributed by atoms with Gasteiger partial charge in [-0.1, -0.05) is 35.9 Å². The van der Waals surface area contributed by atoms with Gasteiger partial charge in [-0.15, -0.1) is 0 Å². The maximum Gasteiger partial charge on any atom is 0.412 e. The number of phenolic OH excluding ortho intramolecular Hbond substituents is 1. The maximum atomic E-state index is 12.7. The first-order valence-electron chi connectivity index (χ1n) is 9.04. The van der Waals surface area contributed by atoms with Crippen LogP contribution in [0.25, 0.3) is 0 Å². The van der Waals surface area contributed by atoms with Crippen LogP contribution in [0.2, 0.25) is 0 Å². The number of anilines is 1. The monoisotopic (exact) mass is 555 g/mol. The van der Waals surface area contributed by atoms with Crippen LogP contribution in [-0.4, -0.2) is 29.1 Å². The number of benzene rings is 2. The van der Waals surface area contributed by atoms with Gasteiger partial charge in [0.1, 0.15) is 11.9 Å². The second-order valence-corrected chi connectivity index (χ2v) is 9.07. The molecule has 2 aromatic rings. The minimum atomic E-state index is -1.14. The van der Waals surface area contributed by atoms with Gasteiger partial charge < -0.3 is 24.4 Å². The third-order valence-electron chi connectivity index (χ3n) is 4.52. The highest BCUT2D eigenvalue weighted by molar-refractivity contribution is 9.11. The van der Waals surface area contributed by atoms with Crippen LogP contribution < -0.4 is 14.8 Å². The number of fused-ring (bicyclic) bond motifs is 1. The highest BCUT2D eigenvalue weighted by atomic mass is 79.9. The number of carbonyl (C=O) groups is 2. The molecule has 0 bridgehead atoms. The van der Waals surface area contributed by atoms with Crippen molar-refractivity contribution in [1.29, 1.82) is 0 Å². The summed E-state index contributed by atoms with van der Waals surface area (Å²) in [6, 6.07) is 8.14. The fraction of sp³-hybridized carbons (Fsp3) is 0.238. The zero-order chi connectivity index (χ0) is 22.8. The summed E-state index contributed by atoms with van der Waals surface area (Å²) in [4.78, 5) is 23.8. The molecule has 0 aromatic heterocycles. The Hall–Kier alpha value is -2.72. The van der Waals surface area contributed by atoms with E-state index < -0.39 is 23.6 Å². The Morgan fingerprint density at radius 3 is 2.61 bits per heavy atom. The van der Waals surface area contributed by atoms with Crippen LogP contribution in [0.4, 0.5) is 10.5 Å². The molecular formula is C21H19Br2NO7. The molecule has 10 heteroatoms. The molecule has 0 saturated carbocycles. The molecule has 1 aliphatic heterocycles. The molecular weight excluding hydrogens is 538 g/mol. The number of rotatable bonds is 6. The Bertz CT molecular complexity index is 1050. The molecule has 3 N–H and O–H groups in total. The number of carboxylic acids is 1. The number of carbonyl (C=O) groups excluding carboxylic acids is 1. The van der Waals surface area contributed by atoms with E-state index in [0.29, 0.717) is 31.7 Å². The van der Waals surface area contributed by atoms with E-state index in [4.69, 9.17) is 19.3 Å². The van der Waals surface area contributed by atoms with Crippen molar-refractivity contribution in [2.24, 2.45) is 5.41 Å². The molecule has 31 heavy (non-hydrogen) atoms. The fourth-order valence-corrected chi connectivity index (χ4v) is 4.26. The smallest absolute Gasteiger partial charge is 0.412 e. The van der Waals surface area contributed by atoms with E-state index in [1.807, 2.05) is 0 Å². The van der Waals surface area contributed by atoms with E-state index in [-0.39, 0.29) is 12.5 Å². The van der Waals surface area contributed by atoms with Gasteiger partial charge in [0.15, 0.2) is 11.5 Å². The molecule has 0 spiro atoms. The van der Waals surface area contributed by atoms with Gasteiger partial charge >= 0.3 is 12.1 Å². The van der Waals surface area contributed by atoms with E-state index in [2.05, 4.69) is 37.2 Å². The van der Waals surface area contributed by atoms with Crippen molar-refractivity contribution in [2.45, 2.75) is 20.0 Å². The van der Waals surface area contributed by atoms with Crippen LogP contribution in [0.5, 0.6) is 17.2 Å². The van der Waals surface area contributed by atoms with Gasteiger partial charge in [-0.2, -0.15) is 0 Å². The lowest BCUT2D eigenvalue weighted by Gasteiger charge is -2.32. The SMILES string of the molecule is CC(C)(/C=C/C(=O)O)[C@@H](OC(=O)Nc1ccc2c(c1)OCO2)c1cc(Br)cc(Br)c1O. The predicted octanol–water partition coefficient (Wildman–Crippen LogP) is 5.60. The molecule has 2 aromatic carbocycles. The molecule has 3 rings (SSSR count). The summed E-state index contributed by atoms with van der Waals surface area (Å²) in [7, 11) is 0. The zero-order valence-electron chi connectivity index (χ0n) is 16.5. The maximum absolute atomic E-state index is 12.7. The molecule has 0 saturated heterocycles. The Kier molecular flexibility index (Phi) is 6.80. The first kappa shape index (κ1) is 23.0. The van der Waals surface area contributed by atoms with E-state index in [1.54, 1.807) is 44.2 Å². The number of nitrogens with one attached hydrogen (secondary N) is 1. The summed E-state index contributed by atoms with van der Waals surface area (Å²) in [6.45, 7) is 3.49. The summed E-state index contributed by atoms with van der Waals surface area (Å²) < 4.78 is 17.3. The third-order valence-corrected chi connectivity index (χ3v) is 5.58. The minimum absolute atomic E-state index is 0.104. The second-order valence-electron chi connectivity index (χ2n) is 7.30. The number of hydrogen-bond donors (Lipinski definition) is 3. The van der Waals surface area contributed by atoms with Gasteiger partial charge in [-0.3, -0.25) is 5.32 Å². The first-order valence-corrected chi connectivity index (χ1v) is 10.6. The van der Waals surface area contributed by atoms with Gasteiger partial charge in [0.05, 0.1) is 4.47 Å². The normalized spacial score (nSPS) is 13.8. The molecule has 0 aliphatic carbocycles. The molecule has 1 heterocycles. The van der Waals surface area contributed by atoms with Crippen LogP contribution in [0.15, 0.2) is 51.4 Å². The van der Waals surface area contributed by atoms with Crippen molar-refractivity contribution in [3.8, 4) is 17.2 Å². The Morgan fingerprint density at radius 2 is 1.90 bits per heavy atom. The van der Waals surface area contributed by atoms with E-state index in [0.717, 1.165) is 6.08 Å². The largest absolute Gasteiger partial charge is 0.506 e. The molecule has 0 unspecified atom stereocenters. The Labute approximate surface area is 195 Å². The summed E-state index contributed by atoms with van der Waals surface area (Å²) >= 11 is 6.63. The number of halogens is 2. The summed E-state index contributed by atoms with van der Waals surface area (Å²) in [5, 5.41) is 22.2.